The number of halogens is 1. The molecule has 166 valence electrons. The van der Waals surface area contributed by atoms with Gasteiger partial charge < -0.3 is 4.57 Å². The number of pyridine rings is 1. The van der Waals surface area contributed by atoms with E-state index in [1.54, 1.807) is 46.5 Å². The van der Waals surface area contributed by atoms with Gasteiger partial charge in [-0.25, -0.2) is 4.98 Å². The Hall–Kier alpha value is -2.92. The van der Waals surface area contributed by atoms with Gasteiger partial charge in [-0.15, -0.1) is 0 Å². The van der Waals surface area contributed by atoms with Crippen molar-refractivity contribution in [2.75, 3.05) is 0 Å². The molecular weight excluding hydrogens is 422 g/mol. The van der Waals surface area contributed by atoms with Gasteiger partial charge in [0.15, 0.2) is 5.65 Å². The number of hydrogen-bond donors (Lipinski definition) is 0. The minimum atomic E-state index is -0.362. The van der Waals surface area contributed by atoms with E-state index in [2.05, 4.69) is 6.58 Å². The molecule has 32 heavy (non-hydrogen) atoms. The van der Waals surface area contributed by atoms with Gasteiger partial charge in [0.1, 0.15) is 11.2 Å². The number of benzene rings is 1. The summed E-state index contributed by atoms with van der Waals surface area (Å²) in [5.74, 6) is 1.13. The van der Waals surface area contributed by atoms with Crippen molar-refractivity contribution in [1.29, 1.82) is 0 Å². The second-order valence-corrected chi connectivity index (χ2v) is 8.93. The summed E-state index contributed by atoms with van der Waals surface area (Å²) in [4.78, 5) is 32.1. The summed E-state index contributed by atoms with van der Waals surface area (Å²) in [6, 6.07) is 7.15. The fourth-order valence-electron chi connectivity index (χ4n) is 4.60. The van der Waals surface area contributed by atoms with E-state index in [9.17, 15) is 9.59 Å². The molecule has 0 radical (unpaired) electrons. The Balaban J connectivity index is 2.09. The molecule has 0 amide bonds. The molecule has 0 spiro atoms. The quantitative estimate of drug-likeness (QED) is 0.611. The molecule has 0 unspecified atom stereocenters. The molecule has 2 heterocycles. The Bertz CT molecular complexity index is 1430. The Kier molecular flexibility index (Phi) is 6.47. The van der Waals surface area contributed by atoms with Crippen LogP contribution in [0, 0.1) is 5.92 Å². The number of fused-ring (bicyclic) bond motifs is 1. The third kappa shape index (κ3) is 4.09. The molecule has 3 aromatic rings. The lowest BCUT2D eigenvalue weighted by atomic mass is 9.86. The number of aryl methyl sites for hydroxylation is 1. The van der Waals surface area contributed by atoms with E-state index in [0.29, 0.717) is 45.1 Å². The SMILES string of the molecule is C=c1/c(=C\C=C/C)c(=O)c2c(=O)n(-c3cccc(Cl)c3)c(CC3CCCCC3)nc2n1C. The van der Waals surface area contributed by atoms with Gasteiger partial charge in [0.25, 0.3) is 5.56 Å². The van der Waals surface area contributed by atoms with Crippen molar-refractivity contribution in [3.8, 4) is 5.69 Å². The van der Waals surface area contributed by atoms with Gasteiger partial charge in [0.2, 0.25) is 5.43 Å². The first-order chi connectivity index (χ1) is 15.4. The third-order valence-corrected chi connectivity index (χ3v) is 6.59. The summed E-state index contributed by atoms with van der Waals surface area (Å²) in [5.41, 5.74) is 0.298. The molecule has 0 bridgehead atoms. The molecule has 5 nitrogen and oxygen atoms in total. The predicted octanol–water partition coefficient (Wildman–Crippen LogP) is 3.63. The van der Waals surface area contributed by atoms with Gasteiger partial charge in [-0.2, -0.15) is 0 Å². The minimum Gasteiger partial charge on any atom is -0.328 e. The van der Waals surface area contributed by atoms with Crippen LogP contribution >= 0.6 is 11.6 Å². The van der Waals surface area contributed by atoms with Gasteiger partial charge >= 0.3 is 0 Å². The number of aromatic nitrogens is 3. The van der Waals surface area contributed by atoms with E-state index in [1.165, 1.54) is 19.3 Å². The van der Waals surface area contributed by atoms with Crippen LogP contribution in [-0.4, -0.2) is 14.1 Å². The van der Waals surface area contributed by atoms with Gasteiger partial charge in [-0.05, 0) is 37.1 Å². The zero-order chi connectivity index (χ0) is 22.8. The molecule has 2 aromatic heterocycles. The summed E-state index contributed by atoms with van der Waals surface area (Å²) >= 11 is 6.25. The Morgan fingerprint density at radius 2 is 1.97 bits per heavy atom. The zero-order valence-electron chi connectivity index (χ0n) is 18.6. The van der Waals surface area contributed by atoms with E-state index in [1.807, 2.05) is 19.1 Å². The number of allylic oxidation sites excluding steroid dienone is 2. The summed E-state index contributed by atoms with van der Waals surface area (Å²) in [5, 5.41) is 1.54. The largest absolute Gasteiger partial charge is 0.328 e. The van der Waals surface area contributed by atoms with Crippen LogP contribution in [0.4, 0.5) is 0 Å². The maximum atomic E-state index is 13.8. The topological polar surface area (TPSA) is 56.9 Å². The normalized spacial score (nSPS) is 15.8. The zero-order valence-corrected chi connectivity index (χ0v) is 19.4. The highest BCUT2D eigenvalue weighted by Crippen LogP contribution is 2.27. The molecule has 1 aliphatic rings. The molecule has 1 fully saturated rings. The molecular formula is C26H28ClN3O2. The van der Waals surface area contributed by atoms with Crippen LogP contribution in [0.2, 0.25) is 5.02 Å². The molecule has 4 rings (SSSR count). The second-order valence-electron chi connectivity index (χ2n) is 8.50. The lowest BCUT2D eigenvalue weighted by Gasteiger charge is -2.23. The van der Waals surface area contributed by atoms with Crippen LogP contribution in [0.25, 0.3) is 29.4 Å². The van der Waals surface area contributed by atoms with Gasteiger partial charge in [-0.3, -0.25) is 14.2 Å². The summed E-state index contributed by atoms with van der Waals surface area (Å²) < 4.78 is 3.33. The molecule has 1 aromatic carbocycles. The Labute approximate surface area is 192 Å². The van der Waals surface area contributed by atoms with Gasteiger partial charge in [0.05, 0.1) is 5.69 Å². The van der Waals surface area contributed by atoms with Gasteiger partial charge in [0, 0.05) is 29.1 Å². The van der Waals surface area contributed by atoms with Crippen molar-refractivity contribution in [3.63, 3.8) is 0 Å². The molecule has 1 aliphatic carbocycles. The standard InChI is InChI=1S/C26H28ClN3O2/c1-4-5-14-21-17(2)29(3)25-23(24(21)31)26(32)30(20-13-9-12-19(27)16-20)22(28-25)15-18-10-7-6-8-11-18/h4-5,9,12-14,16,18H,2,6-8,10-11,15H2,1,3H3/b5-4-,21-14+. The van der Waals surface area contributed by atoms with Crippen molar-refractivity contribution < 1.29 is 0 Å². The molecule has 6 heteroatoms. The van der Waals surface area contributed by atoms with E-state index in [0.717, 1.165) is 12.8 Å². The Morgan fingerprint density at radius 1 is 1.22 bits per heavy atom. The second kappa shape index (κ2) is 9.29. The van der Waals surface area contributed by atoms with Crippen LogP contribution in [0.3, 0.4) is 0 Å². The highest BCUT2D eigenvalue weighted by molar-refractivity contribution is 6.30. The average Bonchev–Trinajstić information content (AvgIpc) is 2.78. The van der Waals surface area contributed by atoms with Crippen molar-refractivity contribution in [3.05, 3.63) is 78.4 Å². The monoisotopic (exact) mass is 449 g/mol. The molecule has 0 atom stereocenters. The number of hydrogen-bond acceptors (Lipinski definition) is 3. The van der Waals surface area contributed by atoms with Crippen LogP contribution in [-0.2, 0) is 13.5 Å². The van der Waals surface area contributed by atoms with E-state index >= 15 is 0 Å². The highest BCUT2D eigenvalue weighted by atomic mass is 35.5. The van der Waals surface area contributed by atoms with Crippen molar-refractivity contribution in [2.24, 2.45) is 13.0 Å². The third-order valence-electron chi connectivity index (χ3n) is 6.36. The van der Waals surface area contributed by atoms with E-state index in [4.69, 9.17) is 16.6 Å². The first-order valence-electron chi connectivity index (χ1n) is 11.1. The molecule has 0 N–H and O–H groups in total. The Morgan fingerprint density at radius 3 is 2.66 bits per heavy atom. The van der Waals surface area contributed by atoms with E-state index < -0.39 is 0 Å². The number of rotatable bonds is 4. The fourth-order valence-corrected chi connectivity index (χ4v) is 4.79. The summed E-state index contributed by atoms with van der Waals surface area (Å²) in [6.45, 7) is 5.95. The van der Waals surface area contributed by atoms with Crippen LogP contribution in [0.1, 0.15) is 44.9 Å². The first-order valence-corrected chi connectivity index (χ1v) is 11.5. The lowest BCUT2D eigenvalue weighted by Crippen LogP contribution is -2.47. The van der Waals surface area contributed by atoms with Crippen LogP contribution in [0.5, 0.6) is 0 Å². The summed E-state index contributed by atoms with van der Waals surface area (Å²) in [6.07, 6.45) is 11.9. The molecule has 1 saturated carbocycles. The average molecular weight is 450 g/mol. The fraction of sp³-hybridized carbons (Fsp3) is 0.346. The number of nitrogens with zero attached hydrogens (tertiary/aromatic N) is 3. The minimum absolute atomic E-state index is 0.0722. The molecule has 0 aliphatic heterocycles. The molecule has 0 saturated heterocycles. The smallest absolute Gasteiger partial charge is 0.271 e. The summed E-state index contributed by atoms with van der Waals surface area (Å²) in [7, 11) is 1.80. The van der Waals surface area contributed by atoms with Crippen LogP contribution < -0.4 is 21.6 Å². The van der Waals surface area contributed by atoms with Crippen LogP contribution in [0.15, 0.2) is 46.0 Å². The lowest BCUT2D eigenvalue weighted by molar-refractivity contribution is 0.349. The maximum Gasteiger partial charge on any atom is 0.271 e. The van der Waals surface area contributed by atoms with E-state index in [-0.39, 0.29) is 16.4 Å². The van der Waals surface area contributed by atoms with Crippen molar-refractivity contribution in [1.82, 2.24) is 14.1 Å². The highest BCUT2D eigenvalue weighted by Gasteiger charge is 2.22. The predicted molar refractivity (Wildman–Crippen MR) is 132 cm³/mol. The van der Waals surface area contributed by atoms with Gasteiger partial charge in [-0.1, -0.05) is 68.5 Å². The maximum absolute atomic E-state index is 13.8. The first kappa shape index (κ1) is 22.3. The van der Waals surface area contributed by atoms with Crippen molar-refractivity contribution in [2.45, 2.75) is 45.4 Å². The van der Waals surface area contributed by atoms with Crippen molar-refractivity contribution >= 4 is 35.3 Å².